The van der Waals surface area contributed by atoms with Crippen molar-refractivity contribution < 1.29 is 19.7 Å². The first-order chi connectivity index (χ1) is 7.05. The van der Waals surface area contributed by atoms with Crippen LogP contribution in [0.15, 0.2) is 30.3 Å². The maximum absolute atomic E-state index is 11.4. The fourth-order valence-corrected chi connectivity index (χ4v) is 0.924. The quantitative estimate of drug-likeness (QED) is 0.714. The lowest BCUT2D eigenvalue weighted by Gasteiger charge is -2.19. The van der Waals surface area contributed by atoms with Gasteiger partial charge in [-0.05, 0) is 19.1 Å². The fourth-order valence-electron chi connectivity index (χ4n) is 0.924. The van der Waals surface area contributed by atoms with Crippen molar-refractivity contribution in [1.29, 1.82) is 0 Å². The Hall–Kier alpha value is -1.39. The van der Waals surface area contributed by atoms with Gasteiger partial charge in [-0.2, -0.15) is 0 Å². The number of ether oxygens (including phenoxy) is 1. The third-order valence-electron chi connectivity index (χ3n) is 1.86. The number of rotatable bonds is 4. The molecule has 4 nitrogen and oxygen atoms in total. The lowest BCUT2D eigenvalue weighted by atomic mass is 10.1. The van der Waals surface area contributed by atoms with Crippen LogP contribution in [0.1, 0.15) is 17.3 Å². The molecule has 0 bridgehead atoms. The first-order valence-corrected chi connectivity index (χ1v) is 4.60. The Labute approximate surface area is 88.1 Å². The smallest absolute Gasteiger partial charge is 0.338 e. The van der Waals surface area contributed by atoms with Crippen LogP contribution in [0.2, 0.25) is 0 Å². The summed E-state index contributed by atoms with van der Waals surface area (Å²) in [6.45, 7) is 0.720. The number of benzene rings is 1. The molecule has 82 valence electrons. The molecule has 0 aliphatic heterocycles. The van der Waals surface area contributed by atoms with E-state index in [9.17, 15) is 9.90 Å². The molecular weight excluding hydrogens is 196 g/mol. The summed E-state index contributed by atoms with van der Waals surface area (Å²) in [5.41, 5.74) is -0.962. The molecule has 0 fully saturated rings. The topological polar surface area (TPSA) is 66.8 Å². The molecule has 1 aromatic rings. The monoisotopic (exact) mass is 210 g/mol. The van der Waals surface area contributed by atoms with Gasteiger partial charge in [-0.25, -0.2) is 4.79 Å². The van der Waals surface area contributed by atoms with E-state index in [4.69, 9.17) is 9.84 Å². The number of carbonyl (C=O) groups is 1. The minimum absolute atomic E-state index is 0.225. The Morgan fingerprint density at radius 2 is 2.00 bits per heavy atom. The van der Waals surface area contributed by atoms with Gasteiger partial charge in [-0.15, -0.1) is 0 Å². The van der Waals surface area contributed by atoms with E-state index < -0.39 is 18.2 Å². The van der Waals surface area contributed by atoms with Crippen LogP contribution < -0.4 is 0 Å². The SMILES string of the molecule is C[C@@](O)(CO)COC(=O)c1ccccc1. The Morgan fingerprint density at radius 1 is 1.40 bits per heavy atom. The molecule has 15 heavy (non-hydrogen) atoms. The molecule has 1 aromatic carbocycles. The van der Waals surface area contributed by atoms with Gasteiger partial charge in [0.1, 0.15) is 12.2 Å². The highest BCUT2D eigenvalue weighted by molar-refractivity contribution is 5.89. The van der Waals surface area contributed by atoms with E-state index >= 15 is 0 Å². The highest BCUT2D eigenvalue weighted by Gasteiger charge is 2.21. The molecule has 4 heteroatoms. The summed E-state index contributed by atoms with van der Waals surface area (Å²) in [5.74, 6) is -0.510. The molecule has 2 N–H and O–H groups in total. The average molecular weight is 210 g/mol. The van der Waals surface area contributed by atoms with Crippen LogP contribution in [0, 0.1) is 0 Å². The molecule has 0 saturated carbocycles. The van der Waals surface area contributed by atoms with Crippen LogP contribution >= 0.6 is 0 Å². The van der Waals surface area contributed by atoms with Crippen molar-refractivity contribution in [3.05, 3.63) is 35.9 Å². The summed E-state index contributed by atoms with van der Waals surface area (Å²) < 4.78 is 4.83. The van der Waals surface area contributed by atoms with Crippen LogP contribution in [-0.4, -0.2) is 35.0 Å². The molecule has 0 aromatic heterocycles. The first-order valence-electron chi connectivity index (χ1n) is 4.60. The number of carbonyl (C=O) groups excluding carboxylic acids is 1. The Kier molecular flexibility index (Phi) is 3.82. The lowest BCUT2D eigenvalue weighted by Crippen LogP contribution is -2.35. The Balaban J connectivity index is 2.51. The van der Waals surface area contributed by atoms with E-state index in [2.05, 4.69) is 0 Å². The van der Waals surface area contributed by atoms with E-state index in [0.29, 0.717) is 5.56 Å². The maximum Gasteiger partial charge on any atom is 0.338 e. The van der Waals surface area contributed by atoms with Gasteiger partial charge >= 0.3 is 5.97 Å². The van der Waals surface area contributed by atoms with Gasteiger partial charge in [-0.1, -0.05) is 18.2 Å². The van der Waals surface area contributed by atoms with E-state index in [-0.39, 0.29) is 6.61 Å². The number of hydrogen-bond donors (Lipinski definition) is 2. The van der Waals surface area contributed by atoms with Crippen molar-refractivity contribution in [1.82, 2.24) is 0 Å². The highest BCUT2D eigenvalue weighted by atomic mass is 16.5. The van der Waals surface area contributed by atoms with Crippen LogP contribution in [0.3, 0.4) is 0 Å². The van der Waals surface area contributed by atoms with E-state index in [1.165, 1.54) is 6.92 Å². The van der Waals surface area contributed by atoms with E-state index in [1.54, 1.807) is 30.3 Å². The third kappa shape index (κ3) is 3.69. The minimum atomic E-state index is -1.38. The molecule has 0 aliphatic carbocycles. The van der Waals surface area contributed by atoms with Crippen molar-refractivity contribution in [2.75, 3.05) is 13.2 Å². The van der Waals surface area contributed by atoms with Gasteiger partial charge < -0.3 is 14.9 Å². The van der Waals surface area contributed by atoms with Crippen LogP contribution in [0.5, 0.6) is 0 Å². The van der Waals surface area contributed by atoms with Gasteiger partial charge in [0.2, 0.25) is 0 Å². The second-order valence-corrected chi connectivity index (χ2v) is 3.60. The zero-order chi connectivity index (χ0) is 11.3. The second-order valence-electron chi connectivity index (χ2n) is 3.60. The molecule has 0 radical (unpaired) electrons. The normalized spacial score (nSPS) is 14.3. The number of hydrogen-bond acceptors (Lipinski definition) is 4. The van der Waals surface area contributed by atoms with E-state index in [1.807, 2.05) is 0 Å². The standard InChI is InChI=1S/C11H14O4/c1-11(14,7-12)8-15-10(13)9-5-3-2-4-6-9/h2-6,12,14H,7-8H2,1H3/t11-/m1/s1. The molecule has 1 atom stereocenters. The second kappa shape index (κ2) is 4.91. The summed E-state index contributed by atoms with van der Waals surface area (Å²) in [7, 11) is 0. The largest absolute Gasteiger partial charge is 0.459 e. The van der Waals surface area contributed by atoms with Gasteiger partial charge in [0, 0.05) is 0 Å². The van der Waals surface area contributed by atoms with Crippen molar-refractivity contribution in [3.8, 4) is 0 Å². The predicted molar refractivity (Wildman–Crippen MR) is 54.4 cm³/mol. The van der Waals surface area contributed by atoms with Gasteiger partial charge in [-0.3, -0.25) is 0 Å². The van der Waals surface area contributed by atoms with Crippen LogP contribution in [0.25, 0.3) is 0 Å². The summed E-state index contributed by atoms with van der Waals surface area (Å²) in [6, 6.07) is 8.48. The number of aliphatic hydroxyl groups is 2. The Bertz CT molecular complexity index is 319. The molecule has 0 spiro atoms. The molecule has 1 rings (SSSR count). The van der Waals surface area contributed by atoms with Crippen molar-refractivity contribution in [3.63, 3.8) is 0 Å². The summed E-state index contributed by atoms with van der Waals surface area (Å²) in [4.78, 5) is 11.4. The van der Waals surface area contributed by atoms with Crippen molar-refractivity contribution >= 4 is 5.97 Å². The average Bonchev–Trinajstić information content (AvgIpc) is 2.27. The van der Waals surface area contributed by atoms with Gasteiger partial charge in [0.05, 0.1) is 12.2 Å². The van der Waals surface area contributed by atoms with Crippen LogP contribution in [-0.2, 0) is 4.74 Å². The first kappa shape index (κ1) is 11.7. The summed E-state index contributed by atoms with van der Waals surface area (Å²) in [5, 5.41) is 18.1. The van der Waals surface area contributed by atoms with Crippen LogP contribution in [0.4, 0.5) is 0 Å². The molecule has 0 unspecified atom stereocenters. The molecule has 0 aliphatic rings. The molecule has 0 amide bonds. The third-order valence-corrected chi connectivity index (χ3v) is 1.86. The van der Waals surface area contributed by atoms with Gasteiger partial charge in [0.25, 0.3) is 0 Å². The maximum atomic E-state index is 11.4. The zero-order valence-corrected chi connectivity index (χ0v) is 8.51. The summed E-state index contributed by atoms with van der Waals surface area (Å²) in [6.07, 6.45) is 0. The highest BCUT2D eigenvalue weighted by Crippen LogP contribution is 2.06. The lowest BCUT2D eigenvalue weighted by molar-refractivity contribution is -0.0511. The predicted octanol–water partition coefficient (Wildman–Crippen LogP) is 0.587. The molecule has 0 heterocycles. The van der Waals surface area contributed by atoms with Gasteiger partial charge in [0.15, 0.2) is 0 Å². The zero-order valence-electron chi connectivity index (χ0n) is 8.51. The number of aliphatic hydroxyl groups excluding tert-OH is 1. The van der Waals surface area contributed by atoms with Crippen molar-refractivity contribution in [2.45, 2.75) is 12.5 Å². The number of esters is 1. The van der Waals surface area contributed by atoms with Crippen molar-refractivity contribution in [2.24, 2.45) is 0 Å². The Morgan fingerprint density at radius 3 is 2.53 bits per heavy atom. The van der Waals surface area contributed by atoms with E-state index in [0.717, 1.165) is 0 Å². The summed E-state index contributed by atoms with van der Waals surface area (Å²) >= 11 is 0. The minimum Gasteiger partial charge on any atom is -0.459 e. The molecule has 0 saturated heterocycles. The molecular formula is C11H14O4. The fraction of sp³-hybridized carbons (Fsp3) is 0.364.